The lowest BCUT2D eigenvalue weighted by Gasteiger charge is -2.35. The maximum atomic E-state index is 12.9. The van der Waals surface area contributed by atoms with E-state index < -0.39 is 36.2 Å². The molecule has 1 saturated carbocycles. The van der Waals surface area contributed by atoms with Gasteiger partial charge in [-0.3, -0.25) is 0 Å². The standard InChI is InChI=1S/C14H22F2N2O5/c1-13(15,16)8-10(11(19)20)18-12(21)17-9-2-4-14(5-3-9)22-6-7-23-14/h9-10H,2-8H2,1H3,(H,19,20)(H2,17,18,21)/t10-/m0/s1. The average Bonchev–Trinajstić information content (AvgIpc) is 2.88. The van der Waals surface area contributed by atoms with Gasteiger partial charge >= 0.3 is 12.0 Å². The molecule has 9 heteroatoms. The molecule has 2 fully saturated rings. The Morgan fingerprint density at radius 1 is 1.30 bits per heavy atom. The minimum atomic E-state index is -3.18. The molecule has 1 heterocycles. The molecule has 0 aromatic rings. The van der Waals surface area contributed by atoms with E-state index in [2.05, 4.69) is 10.6 Å². The van der Waals surface area contributed by atoms with Crippen LogP contribution in [0.1, 0.15) is 39.0 Å². The first-order valence-electron chi connectivity index (χ1n) is 7.65. The number of nitrogens with one attached hydrogen (secondary N) is 2. The Hall–Kier alpha value is -1.48. The summed E-state index contributed by atoms with van der Waals surface area (Å²) in [6, 6.07) is -2.55. The Morgan fingerprint density at radius 3 is 2.35 bits per heavy atom. The molecular formula is C14H22F2N2O5. The summed E-state index contributed by atoms with van der Waals surface area (Å²) in [7, 11) is 0. The molecule has 7 nitrogen and oxygen atoms in total. The van der Waals surface area contributed by atoms with E-state index in [9.17, 15) is 18.4 Å². The number of carbonyl (C=O) groups excluding carboxylic acids is 1. The van der Waals surface area contributed by atoms with Crippen LogP contribution >= 0.6 is 0 Å². The minimum absolute atomic E-state index is 0.162. The van der Waals surface area contributed by atoms with Gasteiger partial charge in [0.1, 0.15) is 6.04 Å². The molecule has 2 rings (SSSR count). The first kappa shape index (κ1) is 17.9. The van der Waals surface area contributed by atoms with Gasteiger partial charge in [0.2, 0.25) is 5.92 Å². The first-order valence-corrected chi connectivity index (χ1v) is 7.65. The number of amides is 2. The van der Waals surface area contributed by atoms with Crippen molar-refractivity contribution in [2.24, 2.45) is 0 Å². The van der Waals surface area contributed by atoms with Crippen molar-refractivity contribution in [1.82, 2.24) is 10.6 Å². The topological polar surface area (TPSA) is 96.9 Å². The SMILES string of the molecule is CC(F)(F)C[C@H](NC(=O)NC1CCC2(CC1)OCCO2)C(=O)O. The maximum absolute atomic E-state index is 12.9. The summed E-state index contributed by atoms with van der Waals surface area (Å²) in [4.78, 5) is 22.8. The number of rotatable bonds is 5. The third-order valence-corrected chi connectivity index (χ3v) is 4.06. The Labute approximate surface area is 132 Å². The number of urea groups is 1. The maximum Gasteiger partial charge on any atom is 0.326 e. The van der Waals surface area contributed by atoms with Crippen molar-refractivity contribution in [2.45, 2.75) is 62.8 Å². The number of carboxylic acids is 1. The zero-order valence-electron chi connectivity index (χ0n) is 12.9. The van der Waals surface area contributed by atoms with Crippen LogP contribution in [0.15, 0.2) is 0 Å². The summed E-state index contributed by atoms with van der Waals surface area (Å²) in [6.45, 7) is 1.74. The number of hydrogen-bond donors (Lipinski definition) is 3. The molecule has 2 amide bonds. The van der Waals surface area contributed by atoms with Crippen LogP contribution in [-0.2, 0) is 14.3 Å². The zero-order chi connectivity index (χ0) is 17.1. The van der Waals surface area contributed by atoms with Gasteiger partial charge in [-0.05, 0) is 19.8 Å². The molecule has 1 atom stereocenters. The third kappa shape index (κ3) is 5.28. The highest BCUT2D eigenvalue weighted by Crippen LogP contribution is 2.35. The summed E-state index contributed by atoms with van der Waals surface area (Å²) in [5, 5.41) is 13.6. The lowest BCUT2D eigenvalue weighted by atomic mass is 9.90. The van der Waals surface area contributed by atoms with Crippen molar-refractivity contribution in [2.75, 3.05) is 13.2 Å². The smallest absolute Gasteiger partial charge is 0.326 e. The van der Waals surface area contributed by atoms with Gasteiger partial charge in [0.15, 0.2) is 5.79 Å². The van der Waals surface area contributed by atoms with Crippen LogP contribution in [0.5, 0.6) is 0 Å². The molecule has 1 spiro atoms. The van der Waals surface area contributed by atoms with E-state index in [0.717, 1.165) is 0 Å². The molecular weight excluding hydrogens is 314 g/mol. The Balaban J connectivity index is 1.79. The quantitative estimate of drug-likeness (QED) is 0.706. The van der Waals surface area contributed by atoms with E-state index in [1.165, 1.54) is 0 Å². The summed E-state index contributed by atoms with van der Waals surface area (Å²) in [5.41, 5.74) is 0. The lowest BCUT2D eigenvalue weighted by Crippen LogP contribution is -2.52. The highest BCUT2D eigenvalue weighted by atomic mass is 19.3. The highest BCUT2D eigenvalue weighted by molar-refractivity contribution is 5.82. The van der Waals surface area contributed by atoms with Crippen LogP contribution in [0.2, 0.25) is 0 Å². The molecule has 0 unspecified atom stereocenters. The van der Waals surface area contributed by atoms with Crippen LogP contribution in [0, 0.1) is 0 Å². The Bertz CT molecular complexity index is 439. The molecule has 23 heavy (non-hydrogen) atoms. The second-order valence-corrected chi connectivity index (χ2v) is 6.16. The fraction of sp³-hybridized carbons (Fsp3) is 0.857. The van der Waals surface area contributed by atoms with Crippen LogP contribution in [0.3, 0.4) is 0 Å². The fourth-order valence-electron chi connectivity index (χ4n) is 2.93. The summed E-state index contributed by atoms with van der Waals surface area (Å²) >= 11 is 0. The molecule has 1 aliphatic heterocycles. The average molecular weight is 336 g/mol. The van der Waals surface area contributed by atoms with Gasteiger partial charge in [0, 0.05) is 25.3 Å². The van der Waals surface area contributed by atoms with Crippen molar-refractivity contribution in [3.8, 4) is 0 Å². The van der Waals surface area contributed by atoms with E-state index in [-0.39, 0.29) is 6.04 Å². The predicted octanol–water partition coefficient (Wildman–Crippen LogP) is 1.47. The fourth-order valence-corrected chi connectivity index (χ4v) is 2.93. The predicted molar refractivity (Wildman–Crippen MR) is 75.2 cm³/mol. The number of hydrogen-bond acceptors (Lipinski definition) is 4. The Morgan fingerprint density at radius 2 is 1.87 bits per heavy atom. The number of carboxylic acid groups (broad SMARTS) is 1. The molecule has 0 aromatic heterocycles. The Kier molecular flexibility index (Phi) is 5.41. The van der Waals surface area contributed by atoms with Gasteiger partial charge in [-0.1, -0.05) is 0 Å². The van der Waals surface area contributed by atoms with E-state index in [0.29, 0.717) is 45.8 Å². The van der Waals surface area contributed by atoms with Crippen molar-refractivity contribution >= 4 is 12.0 Å². The van der Waals surface area contributed by atoms with Gasteiger partial charge in [-0.15, -0.1) is 0 Å². The number of aliphatic carboxylic acids is 1. The van der Waals surface area contributed by atoms with Gasteiger partial charge in [-0.25, -0.2) is 18.4 Å². The van der Waals surface area contributed by atoms with Gasteiger partial charge in [0.05, 0.1) is 13.2 Å². The van der Waals surface area contributed by atoms with Crippen LogP contribution < -0.4 is 10.6 Å². The summed E-state index contributed by atoms with van der Waals surface area (Å²) in [6.07, 6.45) is 1.55. The second kappa shape index (κ2) is 6.96. The van der Waals surface area contributed by atoms with Crippen LogP contribution in [-0.4, -0.2) is 54.1 Å². The molecule has 1 saturated heterocycles. The zero-order valence-corrected chi connectivity index (χ0v) is 12.9. The first-order chi connectivity index (χ1) is 10.7. The summed E-state index contributed by atoms with van der Waals surface area (Å²) in [5.74, 6) is -5.22. The van der Waals surface area contributed by atoms with Crippen molar-refractivity contribution in [3.63, 3.8) is 0 Å². The number of alkyl halides is 2. The van der Waals surface area contributed by atoms with Crippen LogP contribution in [0.4, 0.5) is 13.6 Å². The number of halogens is 2. The van der Waals surface area contributed by atoms with Gasteiger partial charge in [0.25, 0.3) is 0 Å². The molecule has 0 aromatic carbocycles. The normalized spacial score (nSPS) is 22.7. The minimum Gasteiger partial charge on any atom is -0.480 e. The van der Waals surface area contributed by atoms with Crippen molar-refractivity contribution < 1.29 is 33.0 Å². The molecule has 3 N–H and O–H groups in total. The van der Waals surface area contributed by atoms with E-state index in [1.807, 2.05) is 0 Å². The molecule has 0 radical (unpaired) electrons. The van der Waals surface area contributed by atoms with Gasteiger partial charge < -0.3 is 25.2 Å². The van der Waals surface area contributed by atoms with Crippen molar-refractivity contribution in [3.05, 3.63) is 0 Å². The van der Waals surface area contributed by atoms with Gasteiger partial charge in [-0.2, -0.15) is 0 Å². The molecule has 132 valence electrons. The number of carbonyl (C=O) groups is 2. The van der Waals surface area contributed by atoms with E-state index in [1.54, 1.807) is 0 Å². The molecule has 0 bridgehead atoms. The molecule has 2 aliphatic rings. The van der Waals surface area contributed by atoms with Crippen molar-refractivity contribution in [1.29, 1.82) is 0 Å². The van der Waals surface area contributed by atoms with Crippen LogP contribution in [0.25, 0.3) is 0 Å². The van der Waals surface area contributed by atoms with E-state index in [4.69, 9.17) is 14.6 Å². The number of ether oxygens (including phenoxy) is 2. The lowest BCUT2D eigenvalue weighted by molar-refractivity contribution is -0.179. The third-order valence-electron chi connectivity index (χ3n) is 4.06. The molecule has 1 aliphatic carbocycles. The largest absolute Gasteiger partial charge is 0.480 e. The second-order valence-electron chi connectivity index (χ2n) is 6.16. The summed E-state index contributed by atoms with van der Waals surface area (Å²) < 4.78 is 37.0. The monoisotopic (exact) mass is 336 g/mol. The highest BCUT2D eigenvalue weighted by Gasteiger charge is 2.40. The van der Waals surface area contributed by atoms with E-state index >= 15 is 0 Å².